The topological polar surface area (TPSA) is 3.24 Å². The van der Waals surface area contributed by atoms with Crippen molar-refractivity contribution in [1.82, 2.24) is 0 Å². The Hall–Kier alpha value is -7.48. The van der Waals surface area contributed by atoms with Crippen LogP contribution in [0.5, 0.6) is 0 Å². The first-order valence-corrected chi connectivity index (χ1v) is 19.6. The molecular weight excluding hydrogens is 687 g/mol. The molecule has 0 atom stereocenters. The first kappa shape index (κ1) is 34.0. The summed E-state index contributed by atoms with van der Waals surface area (Å²) in [6, 6.07) is 85.7. The molecule has 10 aromatic carbocycles. The van der Waals surface area contributed by atoms with Gasteiger partial charge in [0.1, 0.15) is 0 Å². The highest BCUT2D eigenvalue weighted by atomic mass is 15.1. The van der Waals surface area contributed by atoms with Gasteiger partial charge in [-0.3, -0.25) is 0 Å². The van der Waals surface area contributed by atoms with Crippen LogP contribution >= 0.6 is 0 Å². The van der Waals surface area contributed by atoms with Crippen molar-refractivity contribution in [3.63, 3.8) is 0 Å². The minimum Gasteiger partial charge on any atom is -0.309 e. The summed E-state index contributed by atoms with van der Waals surface area (Å²) in [7, 11) is 0. The Kier molecular flexibility index (Phi) is 8.95. The second-order valence-corrected chi connectivity index (χ2v) is 14.4. The van der Waals surface area contributed by atoms with Gasteiger partial charge in [-0.2, -0.15) is 0 Å². The lowest BCUT2D eigenvalue weighted by atomic mass is 9.89. The number of para-hydroxylation sites is 3. The number of anilines is 3. The Morgan fingerprint density at radius 3 is 0.877 bits per heavy atom. The van der Waals surface area contributed by atoms with Gasteiger partial charge < -0.3 is 4.90 Å². The summed E-state index contributed by atoms with van der Waals surface area (Å²) in [5.41, 5.74) is 15.2. The largest absolute Gasteiger partial charge is 0.309 e. The van der Waals surface area contributed by atoms with Gasteiger partial charge in [-0.25, -0.2) is 0 Å². The molecule has 0 amide bonds. The van der Waals surface area contributed by atoms with E-state index in [2.05, 4.69) is 241 Å². The van der Waals surface area contributed by atoms with Crippen LogP contribution in [-0.4, -0.2) is 0 Å². The van der Waals surface area contributed by atoms with E-state index in [1.807, 2.05) is 0 Å². The van der Waals surface area contributed by atoms with E-state index in [-0.39, 0.29) is 0 Å². The second-order valence-electron chi connectivity index (χ2n) is 14.4. The number of nitrogens with zero attached hydrogens (tertiary/aromatic N) is 1. The van der Waals surface area contributed by atoms with Crippen LogP contribution in [0.4, 0.5) is 17.1 Å². The molecule has 10 rings (SSSR count). The maximum absolute atomic E-state index is 2.50. The number of fused-ring (bicyclic) bond motifs is 2. The van der Waals surface area contributed by atoms with E-state index < -0.39 is 0 Å². The van der Waals surface area contributed by atoms with E-state index in [0.29, 0.717) is 0 Å². The average Bonchev–Trinajstić information content (AvgIpc) is 3.30. The minimum atomic E-state index is 1.10. The van der Waals surface area contributed by atoms with Gasteiger partial charge in [-0.15, -0.1) is 0 Å². The zero-order valence-electron chi connectivity index (χ0n) is 31.5. The Labute approximate surface area is 334 Å². The summed E-state index contributed by atoms with van der Waals surface area (Å²) in [6.07, 6.45) is 0. The molecule has 1 nitrogen and oxygen atoms in total. The third kappa shape index (κ3) is 6.26. The molecule has 0 saturated heterocycles. The maximum atomic E-state index is 2.50. The number of rotatable bonds is 8. The van der Waals surface area contributed by atoms with Gasteiger partial charge in [0, 0.05) is 16.7 Å². The molecule has 0 aliphatic rings. The van der Waals surface area contributed by atoms with Crippen molar-refractivity contribution < 1.29 is 0 Å². The highest BCUT2D eigenvalue weighted by Crippen LogP contribution is 2.50. The molecule has 268 valence electrons. The lowest BCUT2D eigenvalue weighted by molar-refractivity contribution is 1.28. The Morgan fingerprint density at radius 1 is 0.193 bits per heavy atom. The van der Waals surface area contributed by atoms with Gasteiger partial charge in [-0.05, 0) is 78.7 Å². The van der Waals surface area contributed by atoms with Crippen molar-refractivity contribution in [3.05, 3.63) is 237 Å². The Morgan fingerprint density at radius 2 is 0.474 bits per heavy atom. The van der Waals surface area contributed by atoms with Gasteiger partial charge in [0.25, 0.3) is 0 Å². The van der Waals surface area contributed by atoms with Gasteiger partial charge in [-0.1, -0.05) is 218 Å². The summed E-state index contributed by atoms with van der Waals surface area (Å²) in [4.78, 5) is 2.50. The normalized spacial score (nSPS) is 11.2. The van der Waals surface area contributed by atoms with Crippen LogP contribution in [0.2, 0.25) is 0 Å². The van der Waals surface area contributed by atoms with Gasteiger partial charge in [0.15, 0.2) is 0 Å². The fraction of sp³-hybridized carbons (Fsp3) is 0. The summed E-state index contributed by atoms with van der Waals surface area (Å²) >= 11 is 0. The third-order valence-electron chi connectivity index (χ3n) is 11.1. The number of hydrogen-bond donors (Lipinski definition) is 0. The molecule has 0 unspecified atom stereocenters. The molecule has 0 N–H and O–H groups in total. The van der Waals surface area contributed by atoms with Crippen molar-refractivity contribution in [2.45, 2.75) is 0 Å². The van der Waals surface area contributed by atoms with Crippen LogP contribution in [0, 0.1) is 0 Å². The van der Waals surface area contributed by atoms with Crippen molar-refractivity contribution in [2.75, 3.05) is 4.90 Å². The minimum absolute atomic E-state index is 1.10. The molecule has 57 heavy (non-hydrogen) atoms. The standard InChI is InChI=1S/C56H39N/c1-4-20-40(21-5-1)45-30-10-13-37-52(45)57(53-38-14-11-31-48(53)50-35-18-28-43-26-16-33-46(55(43)50)41-22-6-2-7-23-41)54-39-15-12-32-49(54)51-36-19-29-44-27-17-34-47(56(44)51)42-24-8-3-9-25-42/h1-39H. The average molecular weight is 726 g/mol. The predicted molar refractivity (Wildman–Crippen MR) is 243 cm³/mol. The maximum Gasteiger partial charge on any atom is 0.0540 e. The van der Waals surface area contributed by atoms with Gasteiger partial charge >= 0.3 is 0 Å². The third-order valence-corrected chi connectivity index (χ3v) is 11.1. The SMILES string of the molecule is c1ccc(-c2ccccc2N(c2ccccc2-c2cccc3cccc(-c4ccccc4)c23)c2ccccc2-c2cccc3cccc(-c4ccccc4)c23)cc1. The molecule has 0 saturated carbocycles. The highest BCUT2D eigenvalue weighted by Gasteiger charge is 2.25. The van der Waals surface area contributed by atoms with Crippen LogP contribution in [0.25, 0.3) is 77.2 Å². The van der Waals surface area contributed by atoms with Crippen LogP contribution in [0.1, 0.15) is 0 Å². The highest BCUT2D eigenvalue weighted by molar-refractivity contribution is 6.12. The smallest absolute Gasteiger partial charge is 0.0540 e. The van der Waals surface area contributed by atoms with Crippen molar-refractivity contribution >= 4 is 38.6 Å². The molecule has 0 aromatic heterocycles. The van der Waals surface area contributed by atoms with Crippen LogP contribution in [0.3, 0.4) is 0 Å². The van der Waals surface area contributed by atoms with Crippen molar-refractivity contribution in [3.8, 4) is 55.6 Å². The predicted octanol–water partition coefficient (Wildman–Crippen LogP) is 15.8. The van der Waals surface area contributed by atoms with E-state index >= 15 is 0 Å². The molecular formula is C56H39N. The summed E-state index contributed by atoms with van der Waals surface area (Å²) in [6.45, 7) is 0. The van der Waals surface area contributed by atoms with E-state index in [4.69, 9.17) is 0 Å². The Balaban J connectivity index is 1.28. The molecule has 0 aliphatic carbocycles. The summed E-state index contributed by atoms with van der Waals surface area (Å²) in [5.74, 6) is 0. The lowest BCUT2D eigenvalue weighted by Gasteiger charge is -2.32. The monoisotopic (exact) mass is 725 g/mol. The van der Waals surface area contributed by atoms with Gasteiger partial charge in [0.2, 0.25) is 0 Å². The molecule has 10 aromatic rings. The summed E-state index contributed by atoms with van der Waals surface area (Å²) in [5, 5.41) is 4.91. The quantitative estimate of drug-likeness (QED) is 0.151. The van der Waals surface area contributed by atoms with Crippen molar-refractivity contribution in [2.24, 2.45) is 0 Å². The zero-order chi connectivity index (χ0) is 38.0. The fourth-order valence-electron chi connectivity index (χ4n) is 8.56. The zero-order valence-corrected chi connectivity index (χ0v) is 31.5. The van der Waals surface area contributed by atoms with Crippen molar-refractivity contribution in [1.29, 1.82) is 0 Å². The fourth-order valence-corrected chi connectivity index (χ4v) is 8.56. The van der Waals surface area contributed by atoms with E-state index in [1.165, 1.54) is 60.5 Å². The molecule has 0 spiro atoms. The van der Waals surface area contributed by atoms with Crippen LogP contribution < -0.4 is 4.90 Å². The first-order valence-electron chi connectivity index (χ1n) is 19.6. The summed E-state index contributed by atoms with van der Waals surface area (Å²) < 4.78 is 0. The molecule has 0 aliphatic heterocycles. The number of hydrogen-bond acceptors (Lipinski definition) is 1. The van der Waals surface area contributed by atoms with Crippen LogP contribution in [0.15, 0.2) is 237 Å². The van der Waals surface area contributed by atoms with Gasteiger partial charge in [0.05, 0.1) is 17.1 Å². The molecule has 1 heteroatoms. The lowest BCUT2D eigenvalue weighted by Crippen LogP contribution is -2.13. The van der Waals surface area contributed by atoms with E-state index in [9.17, 15) is 0 Å². The van der Waals surface area contributed by atoms with E-state index in [0.717, 1.165) is 33.8 Å². The molecule has 0 heterocycles. The van der Waals surface area contributed by atoms with E-state index in [1.54, 1.807) is 0 Å². The second kappa shape index (κ2) is 15.0. The molecule has 0 radical (unpaired) electrons. The van der Waals surface area contributed by atoms with Crippen LogP contribution in [-0.2, 0) is 0 Å². The first-order chi connectivity index (χ1) is 28.3. The number of benzene rings is 10. The molecule has 0 fully saturated rings. The molecule has 0 bridgehead atoms. The Bertz CT molecular complexity index is 2830.